The molecule has 0 aliphatic heterocycles. The molecule has 0 saturated heterocycles. The molecule has 0 saturated carbocycles. The van der Waals surface area contributed by atoms with Gasteiger partial charge in [0.05, 0.1) is 0 Å². The van der Waals surface area contributed by atoms with Crippen LogP contribution in [0, 0.1) is 6.92 Å². The van der Waals surface area contributed by atoms with Crippen molar-refractivity contribution in [3.05, 3.63) is 29.3 Å². The molecule has 0 aromatic heterocycles. The molecule has 0 unspecified atom stereocenters. The molecular formula is C13H18BrNO2. The average molecular weight is 300 g/mol. The quantitative estimate of drug-likeness (QED) is 0.872. The molecule has 4 heteroatoms. The Morgan fingerprint density at radius 1 is 1.47 bits per heavy atom. The van der Waals surface area contributed by atoms with Gasteiger partial charge in [-0.3, -0.25) is 4.79 Å². The zero-order valence-electron chi connectivity index (χ0n) is 10.6. The van der Waals surface area contributed by atoms with Gasteiger partial charge in [-0.1, -0.05) is 15.9 Å². The fourth-order valence-corrected chi connectivity index (χ4v) is 1.81. The summed E-state index contributed by atoms with van der Waals surface area (Å²) < 4.78 is 0. The number of aromatic hydroxyl groups is 1. The van der Waals surface area contributed by atoms with Crippen LogP contribution in [0.1, 0.15) is 29.8 Å². The number of rotatable bonds is 3. The van der Waals surface area contributed by atoms with Crippen molar-refractivity contribution in [3.8, 4) is 5.75 Å². The van der Waals surface area contributed by atoms with E-state index in [1.165, 1.54) is 6.07 Å². The fourth-order valence-electron chi connectivity index (χ4n) is 1.43. The Hall–Kier alpha value is -1.03. The predicted octanol–water partition coefficient (Wildman–Crippen LogP) is 2.95. The van der Waals surface area contributed by atoms with Crippen LogP contribution in [0.5, 0.6) is 5.75 Å². The number of carbonyl (C=O) groups excluding carboxylic acids is 1. The monoisotopic (exact) mass is 299 g/mol. The Balaban J connectivity index is 3.05. The lowest BCUT2D eigenvalue weighted by Gasteiger charge is -2.34. The van der Waals surface area contributed by atoms with Crippen LogP contribution >= 0.6 is 15.9 Å². The lowest BCUT2D eigenvalue weighted by atomic mass is 10.0. The lowest BCUT2D eigenvalue weighted by molar-refractivity contribution is 0.0663. The molecule has 17 heavy (non-hydrogen) atoms. The van der Waals surface area contributed by atoms with E-state index in [-0.39, 0.29) is 17.2 Å². The second kappa shape index (κ2) is 5.08. The van der Waals surface area contributed by atoms with Crippen LogP contribution in [-0.2, 0) is 0 Å². The first kappa shape index (κ1) is 14.0. The summed E-state index contributed by atoms with van der Waals surface area (Å²) in [6.07, 6.45) is 0. The predicted molar refractivity (Wildman–Crippen MR) is 72.8 cm³/mol. The average Bonchev–Trinajstić information content (AvgIpc) is 2.27. The van der Waals surface area contributed by atoms with Crippen molar-refractivity contribution in [2.45, 2.75) is 26.3 Å². The van der Waals surface area contributed by atoms with Crippen molar-refractivity contribution in [1.82, 2.24) is 4.90 Å². The van der Waals surface area contributed by atoms with Crippen LogP contribution < -0.4 is 0 Å². The van der Waals surface area contributed by atoms with E-state index in [4.69, 9.17) is 0 Å². The summed E-state index contributed by atoms with van der Waals surface area (Å²) in [5.74, 6) is 0.147. The molecule has 1 amide bonds. The highest BCUT2D eigenvalue weighted by atomic mass is 79.9. The molecule has 94 valence electrons. The number of amides is 1. The molecule has 1 aromatic carbocycles. The summed E-state index contributed by atoms with van der Waals surface area (Å²) in [6, 6.07) is 4.80. The third kappa shape index (κ3) is 3.00. The lowest BCUT2D eigenvalue weighted by Crippen LogP contribution is -2.46. The third-order valence-corrected chi connectivity index (χ3v) is 4.35. The van der Waals surface area contributed by atoms with Gasteiger partial charge in [0, 0.05) is 23.5 Å². The van der Waals surface area contributed by atoms with Gasteiger partial charge in [0.1, 0.15) is 5.75 Å². The van der Waals surface area contributed by atoms with Gasteiger partial charge < -0.3 is 10.0 Å². The maximum atomic E-state index is 12.3. The van der Waals surface area contributed by atoms with E-state index >= 15 is 0 Å². The molecule has 0 heterocycles. The maximum absolute atomic E-state index is 12.3. The number of nitrogens with zero attached hydrogens (tertiary/aromatic N) is 1. The topological polar surface area (TPSA) is 40.5 Å². The van der Waals surface area contributed by atoms with Gasteiger partial charge in [0.25, 0.3) is 5.91 Å². The minimum Gasteiger partial charge on any atom is -0.508 e. The van der Waals surface area contributed by atoms with E-state index in [9.17, 15) is 9.90 Å². The zero-order chi connectivity index (χ0) is 13.2. The van der Waals surface area contributed by atoms with E-state index in [2.05, 4.69) is 15.9 Å². The number of aryl methyl sites for hydroxylation is 1. The summed E-state index contributed by atoms with van der Waals surface area (Å²) in [7, 11) is 1.79. The van der Waals surface area contributed by atoms with E-state index < -0.39 is 0 Å². The standard InChI is InChI=1S/C13H18BrNO2/c1-9-7-10(16)5-6-11(9)12(17)15(4)13(2,3)8-14/h5-7,16H,8H2,1-4H3. The minimum absolute atomic E-state index is 0.0352. The van der Waals surface area contributed by atoms with Gasteiger partial charge in [-0.25, -0.2) is 0 Å². The van der Waals surface area contributed by atoms with Crippen LogP contribution in [0.4, 0.5) is 0 Å². The van der Waals surface area contributed by atoms with E-state index in [1.807, 2.05) is 20.8 Å². The highest BCUT2D eigenvalue weighted by molar-refractivity contribution is 9.09. The molecule has 1 N–H and O–H groups in total. The van der Waals surface area contributed by atoms with Gasteiger partial charge in [-0.15, -0.1) is 0 Å². The van der Waals surface area contributed by atoms with Crippen LogP contribution in [0.3, 0.4) is 0 Å². The van der Waals surface area contributed by atoms with Crippen molar-refractivity contribution in [3.63, 3.8) is 0 Å². The molecular weight excluding hydrogens is 282 g/mol. The van der Waals surface area contributed by atoms with Crippen LogP contribution in [0.2, 0.25) is 0 Å². The van der Waals surface area contributed by atoms with Gasteiger partial charge in [0.2, 0.25) is 0 Å². The molecule has 0 aliphatic rings. The smallest absolute Gasteiger partial charge is 0.254 e. The normalized spacial score (nSPS) is 11.4. The number of phenolic OH excluding ortho intramolecular Hbond substituents is 1. The summed E-state index contributed by atoms with van der Waals surface area (Å²) >= 11 is 3.41. The molecule has 1 rings (SSSR count). The van der Waals surface area contributed by atoms with Gasteiger partial charge in [0.15, 0.2) is 0 Å². The molecule has 0 atom stereocenters. The molecule has 0 bridgehead atoms. The van der Waals surface area contributed by atoms with Crippen molar-refractivity contribution in [1.29, 1.82) is 0 Å². The second-order valence-electron chi connectivity index (χ2n) is 4.81. The Bertz CT molecular complexity index is 429. The maximum Gasteiger partial charge on any atom is 0.254 e. The van der Waals surface area contributed by atoms with Crippen molar-refractivity contribution >= 4 is 21.8 Å². The fraction of sp³-hybridized carbons (Fsp3) is 0.462. The molecule has 0 fully saturated rings. The Morgan fingerprint density at radius 3 is 2.53 bits per heavy atom. The number of alkyl halides is 1. The Labute approximate surface area is 111 Å². The SMILES string of the molecule is Cc1cc(O)ccc1C(=O)N(C)C(C)(C)CBr. The number of carbonyl (C=O) groups is 1. The molecule has 0 radical (unpaired) electrons. The van der Waals surface area contributed by atoms with E-state index in [1.54, 1.807) is 24.1 Å². The minimum atomic E-state index is -0.249. The third-order valence-electron chi connectivity index (χ3n) is 2.98. The Morgan fingerprint density at radius 2 is 2.06 bits per heavy atom. The largest absolute Gasteiger partial charge is 0.508 e. The zero-order valence-corrected chi connectivity index (χ0v) is 12.2. The highest BCUT2D eigenvalue weighted by Crippen LogP contribution is 2.22. The van der Waals surface area contributed by atoms with Crippen molar-refractivity contribution in [2.24, 2.45) is 0 Å². The van der Waals surface area contributed by atoms with Crippen LogP contribution in [0.15, 0.2) is 18.2 Å². The summed E-state index contributed by atoms with van der Waals surface area (Å²) in [6.45, 7) is 5.81. The number of phenols is 1. The summed E-state index contributed by atoms with van der Waals surface area (Å²) in [5.41, 5.74) is 1.16. The highest BCUT2D eigenvalue weighted by Gasteiger charge is 2.27. The molecule has 0 aliphatic carbocycles. The number of benzene rings is 1. The summed E-state index contributed by atoms with van der Waals surface area (Å²) in [5, 5.41) is 10.0. The first-order valence-electron chi connectivity index (χ1n) is 5.43. The molecule has 1 aromatic rings. The molecule has 3 nitrogen and oxygen atoms in total. The first-order valence-corrected chi connectivity index (χ1v) is 6.55. The summed E-state index contributed by atoms with van der Waals surface area (Å²) in [4.78, 5) is 14.0. The second-order valence-corrected chi connectivity index (χ2v) is 5.37. The van der Waals surface area contributed by atoms with Gasteiger partial charge in [-0.05, 0) is 44.5 Å². The van der Waals surface area contributed by atoms with Crippen molar-refractivity contribution < 1.29 is 9.90 Å². The van der Waals surface area contributed by atoms with Crippen molar-refractivity contribution in [2.75, 3.05) is 12.4 Å². The first-order chi connectivity index (χ1) is 7.79. The Kier molecular flexibility index (Phi) is 4.20. The van der Waals surface area contributed by atoms with Crippen LogP contribution in [0.25, 0.3) is 0 Å². The van der Waals surface area contributed by atoms with E-state index in [0.717, 1.165) is 5.56 Å². The number of halogens is 1. The number of hydrogen-bond acceptors (Lipinski definition) is 2. The van der Waals surface area contributed by atoms with Crippen LogP contribution in [-0.4, -0.2) is 33.8 Å². The number of hydrogen-bond donors (Lipinski definition) is 1. The van der Waals surface area contributed by atoms with E-state index in [0.29, 0.717) is 10.9 Å². The van der Waals surface area contributed by atoms with Gasteiger partial charge in [-0.2, -0.15) is 0 Å². The van der Waals surface area contributed by atoms with Gasteiger partial charge >= 0.3 is 0 Å². The molecule has 0 spiro atoms.